The van der Waals surface area contributed by atoms with Crippen LogP contribution in [0.4, 0.5) is 10.1 Å². The summed E-state index contributed by atoms with van der Waals surface area (Å²) in [5.41, 5.74) is 4.88. The number of halogens is 1. The molecule has 1 aromatic heterocycles. The Labute approximate surface area is 119 Å². The van der Waals surface area contributed by atoms with Crippen LogP contribution in [0.15, 0.2) is 40.6 Å². The van der Waals surface area contributed by atoms with Crippen molar-refractivity contribution in [2.45, 2.75) is 5.03 Å². The molecule has 0 aliphatic rings. The zero-order chi connectivity index (χ0) is 15.6. The molecule has 4 N–H and O–H groups in total. The van der Waals surface area contributed by atoms with Crippen LogP contribution in [0, 0.1) is 5.82 Å². The van der Waals surface area contributed by atoms with Crippen molar-refractivity contribution in [2.24, 2.45) is 17.9 Å². The van der Waals surface area contributed by atoms with Gasteiger partial charge in [-0.2, -0.15) is 13.5 Å². The van der Waals surface area contributed by atoms with Gasteiger partial charge in [0.25, 0.3) is 10.0 Å². The quantitative estimate of drug-likeness (QED) is 0.327. The van der Waals surface area contributed by atoms with Crippen LogP contribution in [0.5, 0.6) is 0 Å². The first-order valence-corrected chi connectivity index (χ1v) is 7.12. The molecule has 0 unspecified atom stereocenters. The molecule has 112 valence electrons. The number of aromatic nitrogens is 2. The summed E-state index contributed by atoms with van der Waals surface area (Å²) in [4.78, 5) is 0. The molecule has 0 amide bonds. The molecule has 0 aliphatic carbocycles. The summed E-state index contributed by atoms with van der Waals surface area (Å²) >= 11 is 0. The molecular weight excluding hydrogens is 301 g/mol. The van der Waals surface area contributed by atoms with Crippen molar-refractivity contribution in [1.82, 2.24) is 9.78 Å². The van der Waals surface area contributed by atoms with Gasteiger partial charge in [0.05, 0.1) is 17.4 Å². The number of amidine groups is 1. The predicted octanol–water partition coefficient (Wildman–Crippen LogP) is 0.455. The summed E-state index contributed by atoms with van der Waals surface area (Å²) in [7, 11) is -2.54. The van der Waals surface area contributed by atoms with E-state index in [1.165, 1.54) is 31.4 Å². The number of rotatable bonds is 4. The summed E-state index contributed by atoms with van der Waals surface area (Å²) in [5.74, 6) is -1.37. The highest BCUT2D eigenvalue weighted by molar-refractivity contribution is 7.92. The van der Waals surface area contributed by atoms with E-state index in [0.29, 0.717) is 0 Å². The van der Waals surface area contributed by atoms with Gasteiger partial charge >= 0.3 is 0 Å². The Morgan fingerprint density at radius 1 is 1.48 bits per heavy atom. The Morgan fingerprint density at radius 2 is 2.19 bits per heavy atom. The van der Waals surface area contributed by atoms with Gasteiger partial charge in [0.15, 0.2) is 10.9 Å². The third kappa shape index (κ3) is 2.79. The van der Waals surface area contributed by atoms with Crippen LogP contribution < -0.4 is 10.5 Å². The summed E-state index contributed by atoms with van der Waals surface area (Å²) in [5, 5.41) is 15.0. The first-order chi connectivity index (χ1) is 9.86. The van der Waals surface area contributed by atoms with Crippen molar-refractivity contribution in [3.05, 3.63) is 41.8 Å². The Bertz CT molecular complexity index is 800. The molecule has 0 radical (unpaired) electrons. The maximum absolute atomic E-state index is 13.8. The standard InChI is InChI=1S/C11H12FN5O3S/c1-17-9(5-6-14-17)21(19,20)16-8-4-2-3-7(12)10(8)11(13)15-18/h2-6,16,18H,1H3,(H2,13,15). The lowest BCUT2D eigenvalue weighted by atomic mass is 10.1. The van der Waals surface area contributed by atoms with Crippen molar-refractivity contribution in [3.63, 3.8) is 0 Å². The summed E-state index contributed by atoms with van der Waals surface area (Å²) < 4.78 is 41.5. The van der Waals surface area contributed by atoms with Crippen LogP contribution in [0.1, 0.15) is 5.56 Å². The Balaban J connectivity index is 2.50. The molecule has 10 heteroatoms. The molecule has 0 fully saturated rings. The van der Waals surface area contributed by atoms with Gasteiger partial charge in [0.2, 0.25) is 0 Å². The van der Waals surface area contributed by atoms with Crippen LogP contribution in [0.3, 0.4) is 0 Å². The van der Waals surface area contributed by atoms with Gasteiger partial charge in [-0.25, -0.2) is 4.39 Å². The molecule has 21 heavy (non-hydrogen) atoms. The number of nitrogens with two attached hydrogens (primary N) is 1. The van der Waals surface area contributed by atoms with Gasteiger partial charge in [0, 0.05) is 7.05 Å². The van der Waals surface area contributed by atoms with E-state index in [-0.39, 0.29) is 16.3 Å². The van der Waals surface area contributed by atoms with Gasteiger partial charge < -0.3 is 10.9 Å². The molecule has 0 aliphatic heterocycles. The smallest absolute Gasteiger partial charge is 0.279 e. The van der Waals surface area contributed by atoms with E-state index in [9.17, 15) is 12.8 Å². The van der Waals surface area contributed by atoms with E-state index in [0.717, 1.165) is 10.7 Å². The van der Waals surface area contributed by atoms with Crippen molar-refractivity contribution in [3.8, 4) is 0 Å². The average Bonchev–Trinajstić information content (AvgIpc) is 2.85. The van der Waals surface area contributed by atoms with E-state index in [1.807, 2.05) is 0 Å². The topological polar surface area (TPSA) is 123 Å². The molecule has 2 aromatic rings. The van der Waals surface area contributed by atoms with E-state index < -0.39 is 21.7 Å². The lowest BCUT2D eigenvalue weighted by molar-refractivity contribution is 0.318. The van der Waals surface area contributed by atoms with Crippen molar-refractivity contribution in [2.75, 3.05) is 4.72 Å². The molecule has 0 bridgehead atoms. The molecule has 1 aromatic carbocycles. The number of sulfonamides is 1. The maximum Gasteiger partial charge on any atom is 0.279 e. The predicted molar refractivity (Wildman–Crippen MR) is 72.9 cm³/mol. The number of oxime groups is 1. The molecule has 0 saturated heterocycles. The fourth-order valence-corrected chi connectivity index (χ4v) is 2.94. The largest absolute Gasteiger partial charge is 0.409 e. The lowest BCUT2D eigenvalue weighted by Gasteiger charge is -2.12. The third-order valence-corrected chi connectivity index (χ3v) is 4.11. The lowest BCUT2D eigenvalue weighted by Crippen LogP contribution is -2.22. The Kier molecular flexibility index (Phi) is 3.80. The summed E-state index contributed by atoms with van der Waals surface area (Å²) in [6.07, 6.45) is 1.31. The first kappa shape index (κ1) is 14.8. The van der Waals surface area contributed by atoms with Gasteiger partial charge in [0.1, 0.15) is 5.82 Å². The van der Waals surface area contributed by atoms with Crippen molar-refractivity contribution >= 4 is 21.5 Å². The average molecular weight is 313 g/mol. The van der Waals surface area contributed by atoms with E-state index in [2.05, 4.69) is 15.0 Å². The number of benzene rings is 1. The van der Waals surface area contributed by atoms with Crippen LogP contribution in [-0.4, -0.2) is 29.2 Å². The number of anilines is 1. The summed E-state index contributed by atoms with van der Waals surface area (Å²) in [6.45, 7) is 0. The minimum absolute atomic E-state index is 0.114. The second kappa shape index (κ2) is 5.40. The van der Waals surface area contributed by atoms with Crippen LogP contribution >= 0.6 is 0 Å². The molecule has 0 saturated carbocycles. The van der Waals surface area contributed by atoms with Crippen molar-refractivity contribution < 1.29 is 18.0 Å². The summed E-state index contributed by atoms with van der Waals surface area (Å²) in [6, 6.07) is 4.94. The normalized spacial score (nSPS) is 12.4. The molecule has 1 heterocycles. The fourth-order valence-electron chi connectivity index (χ4n) is 1.74. The second-order valence-electron chi connectivity index (χ2n) is 4.05. The molecule has 0 atom stereocenters. The van der Waals surface area contributed by atoms with E-state index in [1.54, 1.807) is 0 Å². The zero-order valence-corrected chi connectivity index (χ0v) is 11.7. The molecule has 2 rings (SSSR count). The number of nitrogens with one attached hydrogen (secondary N) is 1. The number of hydrogen-bond donors (Lipinski definition) is 3. The number of nitrogens with zero attached hydrogens (tertiary/aromatic N) is 3. The highest BCUT2D eigenvalue weighted by Gasteiger charge is 2.22. The van der Waals surface area contributed by atoms with Gasteiger partial charge in [-0.05, 0) is 18.2 Å². The van der Waals surface area contributed by atoms with E-state index >= 15 is 0 Å². The SMILES string of the molecule is Cn1nccc1S(=O)(=O)Nc1cccc(F)c1/C(N)=N/O. The van der Waals surface area contributed by atoms with Gasteiger partial charge in [-0.1, -0.05) is 11.2 Å². The van der Waals surface area contributed by atoms with Crippen molar-refractivity contribution in [1.29, 1.82) is 0 Å². The monoisotopic (exact) mass is 313 g/mol. The third-order valence-electron chi connectivity index (χ3n) is 2.67. The maximum atomic E-state index is 13.8. The molecule has 0 spiro atoms. The minimum Gasteiger partial charge on any atom is -0.409 e. The first-order valence-electron chi connectivity index (χ1n) is 5.64. The highest BCUT2D eigenvalue weighted by Crippen LogP contribution is 2.22. The minimum atomic E-state index is -3.99. The van der Waals surface area contributed by atoms with Gasteiger partial charge in [-0.15, -0.1) is 0 Å². The fraction of sp³-hybridized carbons (Fsp3) is 0.0909. The zero-order valence-electron chi connectivity index (χ0n) is 10.9. The van der Waals surface area contributed by atoms with Gasteiger partial charge in [-0.3, -0.25) is 9.40 Å². The Morgan fingerprint density at radius 3 is 2.76 bits per heavy atom. The number of aryl methyl sites for hydroxylation is 1. The highest BCUT2D eigenvalue weighted by atomic mass is 32.2. The molecule has 8 nitrogen and oxygen atoms in total. The van der Waals surface area contributed by atoms with E-state index in [4.69, 9.17) is 10.9 Å². The van der Waals surface area contributed by atoms with Crippen LogP contribution in [-0.2, 0) is 17.1 Å². The number of hydrogen-bond acceptors (Lipinski definition) is 5. The molecular formula is C11H12FN5O3S. The van der Waals surface area contributed by atoms with Crippen LogP contribution in [0.2, 0.25) is 0 Å². The Hall–Kier alpha value is -2.62. The van der Waals surface area contributed by atoms with Crippen LogP contribution in [0.25, 0.3) is 0 Å². The second-order valence-corrected chi connectivity index (χ2v) is 5.68.